The van der Waals surface area contributed by atoms with Crippen LogP contribution in [-0.2, 0) is 10.5 Å². The van der Waals surface area contributed by atoms with Crippen molar-refractivity contribution in [2.45, 2.75) is 12.7 Å². The lowest BCUT2D eigenvalue weighted by Crippen LogP contribution is -2.11. The number of rotatable bonds is 5. The van der Waals surface area contributed by atoms with Crippen molar-refractivity contribution in [1.82, 2.24) is 0 Å². The fourth-order valence-electron chi connectivity index (χ4n) is 1.08. The van der Waals surface area contributed by atoms with Gasteiger partial charge in [-0.15, -0.1) is 0 Å². The number of benzene rings is 1. The Morgan fingerprint density at radius 1 is 1.50 bits per heavy atom. The van der Waals surface area contributed by atoms with Crippen LogP contribution in [0.3, 0.4) is 0 Å². The van der Waals surface area contributed by atoms with Gasteiger partial charge in [-0.2, -0.15) is 11.8 Å². The lowest BCUT2D eigenvalue weighted by Gasteiger charge is -2.07. The summed E-state index contributed by atoms with van der Waals surface area (Å²) < 4.78 is 0. The molecule has 0 aliphatic rings. The average molecular weight is 279 g/mol. The molecule has 1 unspecified atom stereocenters. The Hall–Kier alpha value is -0.380. The summed E-state index contributed by atoms with van der Waals surface area (Å²) >= 11 is 13.4. The van der Waals surface area contributed by atoms with Gasteiger partial charge in [0.1, 0.15) is 0 Å². The zero-order chi connectivity index (χ0) is 12.1. The fourth-order valence-corrected chi connectivity index (χ4v) is 2.62. The Morgan fingerprint density at radius 2 is 2.19 bits per heavy atom. The molecule has 0 aliphatic heterocycles. The van der Waals surface area contributed by atoms with Crippen LogP contribution in [0.1, 0.15) is 12.5 Å². The highest BCUT2D eigenvalue weighted by Gasteiger charge is 2.11. The number of carbonyl (C=O) groups is 1. The molecule has 0 bridgehead atoms. The van der Waals surface area contributed by atoms with Crippen molar-refractivity contribution in [2.75, 3.05) is 5.75 Å². The Balaban J connectivity index is 2.49. The Labute approximate surface area is 109 Å². The first-order valence-electron chi connectivity index (χ1n) is 4.75. The molecular formula is C11H12Cl2O2S. The van der Waals surface area contributed by atoms with Crippen LogP contribution < -0.4 is 0 Å². The van der Waals surface area contributed by atoms with Crippen LogP contribution in [0.2, 0.25) is 10.0 Å². The SMILES string of the molecule is CC(CSCc1cccc(Cl)c1Cl)C(=O)O. The zero-order valence-corrected chi connectivity index (χ0v) is 11.1. The normalized spacial score (nSPS) is 12.4. The summed E-state index contributed by atoms with van der Waals surface area (Å²) in [6, 6.07) is 5.47. The third-order valence-corrected chi connectivity index (χ3v) is 4.19. The summed E-state index contributed by atoms with van der Waals surface area (Å²) in [6.45, 7) is 1.69. The highest BCUT2D eigenvalue weighted by Crippen LogP contribution is 2.28. The summed E-state index contributed by atoms with van der Waals surface area (Å²) in [6.07, 6.45) is 0. The quantitative estimate of drug-likeness (QED) is 0.886. The molecule has 0 fully saturated rings. The average Bonchev–Trinajstić information content (AvgIpc) is 2.24. The maximum atomic E-state index is 10.6. The van der Waals surface area contributed by atoms with Crippen molar-refractivity contribution in [3.63, 3.8) is 0 Å². The van der Waals surface area contributed by atoms with E-state index in [1.54, 1.807) is 24.8 Å². The van der Waals surface area contributed by atoms with E-state index in [0.717, 1.165) is 5.56 Å². The molecule has 0 spiro atoms. The van der Waals surface area contributed by atoms with Crippen LogP contribution >= 0.6 is 35.0 Å². The number of hydrogen-bond acceptors (Lipinski definition) is 2. The molecular weight excluding hydrogens is 267 g/mol. The molecule has 1 aromatic carbocycles. The highest BCUT2D eigenvalue weighted by molar-refractivity contribution is 7.98. The van der Waals surface area contributed by atoms with Gasteiger partial charge in [-0.3, -0.25) is 4.79 Å². The fraction of sp³-hybridized carbons (Fsp3) is 0.364. The second kappa shape index (κ2) is 6.38. The largest absolute Gasteiger partial charge is 0.481 e. The van der Waals surface area contributed by atoms with Crippen LogP contribution in [0.4, 0.5) is 0 Å². The van der Waals surface area contributed by atoms with E-state index in [-0.39, 0.29) is 5.92 Å². The molecule has 0 heterocycles. The molecule has 1 atom stereocenters. The summed E-state index contributed by atoms with van der Waals surface area (Å²) in [5, 5.41) is 9.81. The monoisotopic (exact) mass is 278 g/mol. The van der Waals surface area contributed by atoms with Crippen LogP contribution in [-0.4, -0.2) is 16.8 Å². The summed E-state index contributed by atoms with van der Waals surface area (Å²) in [4.78, 5) is 10.6. The number of hydrogen-bond donors (Lipinski definition) is 1. The van der Waals surface area contributed by atoms with Gasteiger partial charge >= 0.3 is 5.97 Å². The number of halogens is 2. The lowest BCUT2D eigenvalue weighted by atomic mass is 10.2. The third kappa shape index (κ3) is 3.89. The van der Waals surface area contributed by atoms with Crippen LogP contribution in [0.15, 0.2) is 18.2 Å². The van der Waals surface area contributed by atoms with Gasteiger partial charge in [-0.25, -0.2) is 0 Å². The van der Waals surface area contributed by atoms with Crippen LogP contribution in [0.5, 0.6) is 0 Å². The minimum Gasteiger partial charge on any atom is -0.481 e. The molecule has 0 amide bonds. The summed E-state index contributed by atoms with van der Waals surface area (Å²) in [5.41, 5.74) is 0.941. The van der Waals surface area contributed by atoms with Crippen molar-refractivity contribution >= 4 is 40.9 Å². The van der Waals surface area contributed by atoms with E-state index in [4.69, 9.17) is 28.3 Å². The first-order valence-corrected chi connectivity index (χ1v) is 6.67. The lowest BCUT2D eigenvalue weighted by molar-refractivity contribution is -0.140. The van der Waals surface area contributed by atoms with Gasteiger partial charge in [0.25, 0.3) is 0 Å². The number of carboxylic acid groups (broad SMARTS) is 1. The second-order valence-electron chi connectivity index (χ2n) is 3.47. The minimum atomic E-state index is -0.773. The molecule has 16 heavy (non-hydrogen) atoms. The van der Waals surface area contributed by atoms with Gasteiger partial charge in [0.15, 0.2) is 0 Å². The minimum absolute atomic E-state index is 0.344. The van der Waals surface area contributed by atoms with Crippen LogP contribution in [0, 0.1) is 5.92 Å². The van der Waals surface area contributed by atoms with Crippen molar-refractivity contribution in [1.29, 1.82) is 0 Å². The predicted molar refractivity (Wildman–Crippen MR) is 69.4 cm³/mol. The van der Waals surface area contributed by atoms with E-state index in [9.17, 15) is 4.79 Å². The zero-order valence-electron chi connectivity index (χ0n) is 8.74. The third-order valence-electron chi connectivity index (χ3n) is 2.08. The Morgan fingerprint density at radius 3 is 2.81 bits per heavy atom. The molecule has 1 N–H and O–H groups in total. The topological polar surface area (TPSA) is 37.3 Å². The van der Waals surface area contributed by atoms with E-state index in [1.807, 2.05) is 12.1 Å². The van der Waals surface area contributed by atoms with Gasteiger partial charge in [0, 0.05) is 11.5 Å². The molecule has 0 radical (unpaired) electrons. The Kier molecular flexibility index (Phi) is 5.46. The van der Waals surface area contributed by atoms with Gasteiger partial charge in [-0.05, 0) is 11.6 Å². The molecule has 0 aromatic heterocycles. The molecule has 88 valence electrons. The van der Waals surface area contributed by atoms with E-state index in [0.29, 0.717) is 21.6 Å². The molecule has 1 aromatic rings. The number of thioether (sulfide) groups is 1. The highest BCUT2D eigenvalue weighted by atomic mass is 35.5. The first-order chi connectivity index (χ1) is 7.52. The first kappa shape index (κ1) is 13.7. The van der Waals surface area contributed by atoms with Gasteiger partial charge < -0.3 is 5.11 Å². The van der Waals surface area contributed by atoms with E-state index in [2.05, 4.69) is 0 Å². The maximum Gasteiger partial charge on any atom is 0.307 e. The van der Waals surface area contributed by atoms with E-state index < -0.39 is 5.97 Å². The predicted octanol–water partition coefficient (Wildman–Crippen LogP) is 3.95. The number of carboxylic acids is 1. The van der Waals surface area contributed by atoms with Crippen molar-refractivity contribution < 1.29 is 9.90 Å². The summed E-state index contributed by atoms with van der Waals surface area (Å²) in [5.74, 6) is 0.127. The molecule has 0 aliphatic carbocycles. The van der Waals surface area contributed by atoms with Crippen molar-refractivity contribution in [3.8, 4) is 0 Å². The Bertz CT molecular complexity index is 382. The molecule has 2 nitrogen and oxygen atoms in total. The van der Waals surface area contributed by atoms with Gasteiger partial charge in [0.2, 0.25) is 0 Å². The molecule has 1 rings (SSSR count). The summed E-state index contributed by atoms with van der Waals surface area (Å²) in [7, 11) is 0. The van der Waals surface area contributed by atoms with Crippen LogP contribution in [0.25, 0.3) is 0 Å². The molecule has 0 saturated carbocycles. The molecule has 0 saturated heterocycles. The van der Waals surface area contributed by atoms with Crippen molar-refractivity contribution in [3.05, 3.63) is 33.8 Å². The molecule has 5 heteroatoms. The standard InChI is InChI=1S/C11H12Cl2O2S/c1-7(11(14)15)5-16-6-8-3-2-4-9(12)10(8)13/h2-4,7H,5-6H2,1H3,(H,14,15). The van der Waals surface area contributed by atoms with E-state index >= 15 is 0 Å². The maximum absolute atomic E-state index is 10.6. The second-order valence-corrected chi connectivity index (χ2v) is 5.28. The smallest absolute Gasteiger partial charge is 0.307 e. The van der Waals surface area contributed by atoms with Gasteiger partial charge in [0.05, 0.1) is 16.0 Å². The van der Waals surface area contributed by atoms with Crippen molar-refractivity contribution in [2.24, 2.45) is 5.92 Å². The van der Waals surface area contributed by atoms with Gasteiger partial charge in [-0.1, -0.05) is 42.3 Å². The van der Waals surface area contributed by atoms with E-state index in [1.165, 1.54) is 0 Å². The number of aliphatic carboxylic acids is 1.